The standard InChI is InChI=1S/C8H3Br2F5/c9-4-2-1-3(8(13,14)15)5(6(4)10)7(11)12/h1-2,7H. The highest BCUT2D eigenvalue weighted by molar-refractivity contribution is 9.13. The van der Waals surface area contributed by atoms with Crippen molar-refractivity contribution >= 4 is 31.9 Å². The monoisotopic (exact) mass is 352 g/mol. The van der Waals surface area contributed by atoms with Crippen molar-refractivity contribution in [2.24, 2.45) is 0 Å². The minimum absolute atomic E-state index is 0.158. The molecular formula is C8H3Br2F5. The van der Waals surface area contributed by atoms with Crippen LogP contribution in [0.5, 0.6) is 0 Å². The molecule has 1 rings (SSSR count). The summed E-state index contributed by atoms with van der Waals surface area (Å²) < 4.78 is 61.8. The fraction of sp³-hybridized carbons (Fsp3) is 0.250. The van der Waals surface area contributed by atoms with Crippen molar-refractivity contribution < 1.29 is 22.0 Å². The summed E-state index contributed by atoms with van der Waals surface area (Å²) in [6.07, 6.45) is -7.97. The van der Waals surface area contributed by atoms with E-state index in [4.69, 9.17) is 0 Å². The number of halogens is 7. The Balaban J connectivity index is 3.47. The first kappa shape index (κ1) is 12.9. The average molecular weight is 354 g/mol. The van der Waals surface area contributed by atoms with E-state index in [0.29, 0.717) is 6.07 Å². The highest BCUT2D eigenvalue weighted by Crippen LogP contribution is 2.42. The van der Waals surface area contributed by atoms with E-state index in [1.165, 1.54) is 0 Å². The van der Waals surface area contributed by atoms with Crippen LogP contribution in [0, 0.1) is 0 Å². The van der Waals surface area contributed by atoms with Gasteiger partial charge in [-0.2, -0.15) is 13.2 Å². The summed E-state index contributed by atoms with van der Waals surface area (Å²) in [6, 6.07) is 1.69. The number of hydrogen-bond acceptors (Lipinski definition) is 0. The third kappa shape index (κ3) is 2.69. The topological polar surface area (TPSA) is 0 Å². The van der Waals surface area contributed by atoms with E-state index in [1.54, 1.807) is 0 Å². The molecule has 84 valence electrons. The van der Waals surface area contributed by atoms with Gasteiger partial charge in [0.1, 0.15) is 0 Å². The SMILES string of the molecule is FC(F)c1c(C(F)(F)F)ccc(Br)c1Br. The lowest BCUT2D eigenvalue weighted by atomic mass is 10.1. The quantitative estimate of drug-likeness (QED) is 0.611. The molecule has 0 aliphatic rings. The fourth-order valence-corrected chi connectivity index (χ4v) is 1.89. The normalized spacial score (nSPS) is 12.3. The zero-order chi connectivity index (χ0) is 11.8. The summed E-state index contributed by atoms with van der Waals surface area (Å²) in [5, 5.41) is 0. The summed E-state index contributed by atoms with van der Waals surface area (Å²) in [5.41, 5.74) is -2.37. The summed E-state index contributed by atoms with van der Waals surface area (Å²) in [7, 11) is 0. The van der Waals surface area contributed by atoms with Crippen LogP contribution in [-0.2, 0) is 6.18 Å². The van der Waals surface area contributed by atoms with Crippen LogP contribution in [0.25, 0.3) is 0 Å². The Hall–Kier alpha value is -0.170. The Morgan fingerprint density at radius 3 is 2.00 bits per heavy atom. The van der Waals surface area contributed by atoms with Gasteiger partial charge in [-0.25, -0.2) is 8.78 Å². The second kappa shape index (κ2) is 4.37. The molecule has 0 radical (unpaired) electrons. The third-order valence-electron chi connectivity index (χ3n) is 1.66. The van der Waals surface area contributed by atoms with Gasteiger partial charge >= 0.3 is 6.18 Å². The molecule has 0 N–H and O–H groups in total. The number of rotatable bonds is 1. The molecule has 1 aromatic carbocycles. The molecule has 0 saturated carbocycles. The van der Waals surface area contributed by atoms with Crippen molar-refractivity contribution in [3.8, 4) is 0 Å². The molecule has 0 unspecified atom stereocenters. The lowest BCUT2D eigenvalue weighted by Gasteiger charge is -2.14. The van der Waals surface area contributed by atoms with Gasteiger partial charge in [0, 0.05) is 14.5 Å². The van der Waals surface area contributed by atoms with Gasteiger partial charge in [0.25, 0.3) is 6.43 Å². The summed E-state index contributed by atoms with van der Waals surface area (Å²) in [4.78, 5) is 0. The van der Waals surface area contributed by atoms with E-state index in [1.807, 2.05) is 0 Å². The minimum atomic E-state index is -4.78. The maximum Gasteiger partial charge on any atom is 0.416 e. The van der Waals surface area contributed by atoms with Crippen LogP contribution in [0.15, 0.2) is 21.1 Å². The van der Waals surface area contributed by atoms with Gasteiger partial charge in [-0.15, -0.1) is 0 Å². The fourth-order valence-electron chi connectivity index (χ4n) is 1.03. The second-order valence-corrected chi connectivity index (χ2v) is 4.27. The van der Waals surface area contributed by atoms with Gasteiger partial charge in [-0.1, -0.05) is 0 Å². The second-order valence-electron chi connectivity index (χ2n) is 2.62. The largest absolute Gasteiger partial charge is 0.416 e. The maximum absolute atomic E-state index is 12.4. The van der Waals surface area contributed by atoms with Crippen LogP contribution in [0.4, 0.5) is 22.0 Å². The third-order valence-corrected chi connectivity index (χ3v) is 3.70. The molecule has 7 heteroatoms. The maximum atomic E-state index is 12.4. The molecule has 0 saturated heterocycles. The molecule has 0 spiro atoms. The molecule has 0 atom stereocenters. The highest BCUT2D eigenvalue weighted by Gasteiger charge is 2.37. The van der Waals surface area contributed by atoms with E-state index in [-0.39, 0.29) is 8.95 Å². The van der Waals surface area contributed by atoms with Crippen LogP contribution in [0.2, 0.25) is 0 Å². The predicted octanol–water partition coefficient (Wildman–Crippen LogP) is 5.17. The molecule has 0 heterocycles. The number of benzene rings is 1. The van der Waals surface area contributed by atoms with Crippen molar-refractivity contribution in [2.45, 2.75) is 12.6 Å². The molecule has 15 heavy (non-hydrogen) atoms. The van der Waals surface area contributed by atoms with Crippen molar-refractivity contribution in [2.75, 3.05) is 0 Å². The molecular weight excluding hydrogens is 351 g/mol. The van der Waals surface area contributed by atoms with Gasteiger partial charge < -0.3 is 0 Å². The van der Waals surface area contributed by atoms with Crippen LogP contribution in [0.1, 0.15) is 17.6 Å². The van der Waals surface area contributed by atoms with Crippen LogP contribution in [-0.4, -0.2) is 0 Å². The average Bonchev–Trinajstić information content (AvgIpc) is 2.06. The molecule has 0 amide bonds. The zero-order valence-electron chi connectivity index (χ0n) is 6.88. The van der Waals surface area contributed by atoms with E-state index in [2.05, 4.69) is 31.9 Å². The molecule has 1 aromatic rings. The minimum Gasteiger partial charge on any atom is -0.205 e. The Labute approximate surface area is 98.7 Å². The molecule has 0 aromatic heterocycles. The smallest absolute Gasteiger partial charge is 0.205 e. The Kier molecular flexibility index (Phi) is 3.76. The first-order chi connectivity index (χ1) is 6.75. The van der Waals surface area contributed by atoms with Crippen LogP contribution < -0.4 is 0 Å². The van der Waals surface area contributed by atoms with E-state index in [0.717, 1.165) is 6.07 Å². The van der Waals surface area contributed by atoms with Gasteiger partial charge in [-0.3, -0.25) is 0 Å². The molecule has 0 nitrogen and oxygen atoms in total. The molecule has 0 aliphatic heterocycles. The highest BCUT2D eigenvalue weighted by atomic mass is 79.9. The van der Waals surface area contributed by atoms with Gasteiger partial charge in [0.2, 0.25) is 0 Å². The molecule has 0 fully saturated rings. The predicted molar refractivity (Wildman–Crippen MR) is 51.8 cm³/mol. The van der Waals surface area contributed by atoms with Gasteiger partial charge in [-0.05, 0) is 44.0 Å². The van der Waals surface area contributed by atoms with Crippen molar-refractivity contribution in [3.05, 3.63) is 32.2 Å². The summed E-state index contributed by atoms with van der Waals surface area (Å²) >= 11 is 5.56. The van der Waals surface area contributed by atoms with Crippen molar-refractivity contribution in [1.82, 2.24) is 0 Å². The van der Waals surface area contributed by atoms with Crippen LogP contribution >= 0.6 is 31.9 Å². The van der Waals surface area contributed by atoms with Crippen molar-refractivity contribution in [3.63, 3.8) is 0 Å². The Morgan fingerprint density at radius 2 is 1.60 bits per heavy atom. The lowest BCUT2D eigenvalue weighted by Crippen LogP contribution is -2.10. The molecule has 0 aliphatic carbocycles. The lowest BCUT2D eigenvalue weighted by molar-refractivity contribution is -0.139. The van der Waals surface area contributed by atoms with E-state index < -0.39 is 23.7 Å². The van der Waals surface area contributed by atoms with Crippen molar-refractivity contribution in [1.29, 1.82) is 0 Å². The summed E-state index contributed by atoms with van der Waals surface area (Å²) in [5.74, 6) is 0. The summed E-state index contributed by atoms with van der Waals surface area (Å²) in [6.45, 7) is 0. The first-order valence-corrected chi connectivity index (χ1v) is 5.17. The van der Waals surface area contributed by atoms with Crippen LogP contribution in [0.3, 0.4) is 0 Å². The van der Waals surface area contributed by atoms with E-state index in [9.17, 15) is 22.0 Å². The zero-order valence-corrected chi connectivity index (χ0v) is 10.0. The Bertz CT molecular complexity index is 372. The van der Waals surface area contributed by atoms with E-state index >= 15 is 0 Å². The number of hydrogen-bond donors (Lipinski definition) is 0. The van der Waals surface area contributed by atoms with Gasteiger partial charge in [0.15, 0.2) is 0 Å². The number of alkyl halides is 5. The first-order valence-electron chi connectivity index (χ1n) is 3.58. The molecule has 0 bridgehead atoms. The Morgan fingerprint density at radius 1 is 1.07 bits per heavy atom. The van der Waals surface area contributed by atoms with Gasteiger partial charge in [0.05, 0.1) is 5.56 Å².